The first kappa shape index (κ1) is 20.3. The minimum absolute atomic E-state index is 0.338. The number of hydrogen-bond donors (Lipinski definition) is 1. The molecule has 0 aliphatic rings. The van der Waals surface area contributed by atoms with Crippen molar-refractivity contribution in [2.24, 2.45) is 5.10 Å². The van der Waals surface area contributed by atoms with Gasteiger partial charge in [-0.1, -0.05) is 46.9 Å². The van der Waals surface area contributed by atoms with E-state index in [4.69, 9.17) is 39.2 Å². The number of aromatic nitrogens is 1. The van der Waals surface area contributed by atoms with Gasteiger partial charge in [-0.3, -0.25) is 4.79 Å². The van der Waals surface area contributed by atoms with Crippen LogP contribution in [-0.2, 0) is 0 Å². The van der Waals surface area contributed by atoms with E-state index in [9.17, 15) is 4.79 Å². The Bertz CT molecular complexity index is 1230. The van der Waals surface area contributed by atoms with Gasteiger partial charge in [0.1, 0.15) is 11.5 Å². The van der Waals surface area contributed by atoms with Gasteiger partial charge in [-0.25, -0.2) is 5.43 Å². The fourth-order valence-corrected chi connectivity index (χ4v) is 3.52. The Morgan fingerprint density at radius 3 is 2.47 bits per heavy atom. The van der Waals surface area contributed by atoms with Crippen molar-refractivity contribution < 1.29 is 9.21 Å². The van der Waals surface area contributed by atoms with Crippen LogP contribution in [0.25, 0.3) is 17.0 Å². The van der Waals surface area contributed by atoms with Crippen molar-refractivity contribution in [3.8, 4) is 17.0 Å². The van der Waals surface area contributed by atoms with Gasteiger partial charge in [0.15, 0.2) is 0 Å². The standard InChI is InChI=1S/C22H14Cl3N3O2/c23-17-12-19(25)18(24)11-16(17)21-8-7-14(30-21)13-26-27-22(29)15-5-1-2-6-20(15)28-9-3-4-10-28/h1-13H,(H,27,29)/b26-13+. The van der Waals surface area contributed by atoms with Crippen molar-refractivity contribution in [1.82, 2.24) is 9.99 Å². The van der Waals surface area contributed by atoms with Crippen molar-refractivity contribution >= 4 is 46.9 Å². The topological polar surface area (TPSA) is 59.5 Å². The van der Waals surface area contributed by atoms with E-state index in [0.717, 1.165) is 5.69 Å². The van der Waals surface area contributed by atoms with Crippen LogP contribution in [0, 0.1) is 0 Å². The third kappa shape index (κ3) is 4.28. The number of nitrogens with zero attached hydrogens (tertiary/aromatic N) is 2. The molecule has 0 unspecified atom stereocenters. The van der Waals surface area contributed by atoms with Crippen LogP contribution in [0.1, 0.15) is 16.1 Å². The fourth-order valence-electron chi connectivity index (χ4n) is 2.88. The molecule has 0 saturated carbocycles. The lowest BCUT2D eigenvalue weighted by molar-refractivity contribution is 0.0955. The molecule has 4 aromatic rings. The maximum absolute atomic E-state index is 12.6. The molecule has 30 heavy (non-hydrogen) atoms. The Kier molecular flexibility index (Phi) is 5.95. The fraction of sp³-hybridized carbons (Fsp3) is 0. The van der Waals surface area contributed by atoms with Gasteiger partial charge in [-0.2, -0.15) is 5.10 Å². The van der Waals surface area contributed by atoms with E-state index < -0.39 is 0 Å². The number of para-hydroxylation sites is 1. The second-order valence-electron chi connectivity index (χ2n) is 6.25. The summed E-state index contributed by atoms with van der Waals surface area (Å²) >= 11 is 18.2. The molecular weight excluding hydrogens is 445 g/mol. The maximum atomic E-state index is 12.6. The Balaban J connectivity index is 1.49. The van der Waals surface area contributed by atoms with Gasteiger partial charge >= 0.3 is 0 Å². The van der Waals surface area contributed by atoms with E-state index >= 15 is 0 Å². The predicted octanol–water partition coefficient (Wildman–Crippen LogP) is 6.46. The number of rotatable bonds is 5. The van der Waals surface area contributed by atoms with Gasteiger partial charge in [-0.05, 0) is 48.5 Å². The molecule has 1 amide bonds. The number of hydrogen-bond acceptors (Lipinski definition) is 3. The van der Waals surface area contributed by atoms with Crippen LogP contribution in [0.2, 0.25) is 15.1 Å². The summed E-state index contributed by atoms with van der Waals surface area (Å²) in [6.07, 6.45) is 5.15. The summed E-state index contributed by atoms with van der Waals surface area (Å²) in [5.74, 6) is 0.602. The van der Waals surface area contributed by atoms with Gasteiger partial charge in [0.05, 0.1) is 32.5 Å². The third-order valence-corrected chi connectivity index (χ3v) is 5.33. The summed E-state index contributed by atoms with van der Waals surface area (Å²) in [5.41, 5.74) is 4.37. The number of halogens is 3. The minimum atomic E-state index is -0.338. The van der Waals surface area contributed by atoms with Gasteiger partial charge in [0, 0.05) is 18.0 Å². The van der Waals surface area contributed by atoms with Crippen molar-refractivity contribution in [1.29, 1.82) is 0 Å². The molecule has 0 atom stereocenters. The predicted molar refractivity (Wildman–Crippen MR) is 120 cm³/mol. The summed E-state index contributed by atoms with van der Waals surface area (Å²) in [4.78, 5) is 12.6. The highest BCUT2D eigenvalue weighted by Gasteiger charge is 2.13. The van der Waals surface area contributed by atoms with Crippen LogP contribution in [-0.4, -0.2) is 16.7 Å². The van der Waals surface area contributed by atoms with E-state index in [1.54, 1.807) is 36.4 Å². The molecule has 4 rings (SSSR count). The van der Waals surface area contributed by atoms with Gasteiger partial charge in [-0.15, -0.1) is 0 Å². The SMILES string of the molecule is O=C(N/N=C/c1ccc(-c2cc(Cl)c(Cl)cc2Cl)o1)c1ccccc1-n1cccc1. The lowest BCUT2D eigenvalue weighted by atomic mass is 10.1. The molecular formula is C22H14Cl3N3O2. The zero-order chi connectivity index (χ0) is 21.1. The summed E-state index contributed by atoms with van der Waals surface area (Å²) in [5, 5.41) is 5.14. The molecule has 2 aromatic heterocycles. The van der Waals surface area contributed by atoms with E-state index in [-0.39, 0.29) is 5.91 Å². The smallest absolute Gasteiger partial charge is 0.273 e. The van der Waals surface area contributed by atoms with Crippen LogP contribution >= 0.6 is 34.8 Å². The highest BCUT2D eigenvalue weighted by molar-refractivity contribution is 6.44. The molecule has 2 heterocycles. The van der Waals surface area contributed by atoms with Gasteiger partial charge in [0.25, 0.3) is 5.91 Å². The van der Waals surface area contributed by atoms with Crippen molar-refractivity contribution in [3.63, 3.8) is 0 Å². The number of carbonyl (C=O) groups excluding carboxylic acids is 1. The van der Waals surface area contributed by atoms with Crippen molar-refractivity contribution in [3.05, 3.63) is 99.4 Å². The van der Waals surface area contributed by atoms with Gasteiger partial charge in [0.2, 0.25) is 0 Å². The molecule has 2 aromatic carbocycles. The maximum Gasteiger partial charge on any atom is 0.273 e. The van der Waals surface area contributed by atoms with Gasteiger partial charge < -0.3 is 8.98 Å². The largest absolute Gasteiger partial charge is 0.455 e. The van der Waals surface area contributed by atoms with E-state index in [1.807, 2.05) is 41.2 Å². The summed E-state index contributed by atoms with van der Waals surface area (Å²) in [6.45, 7) is 0. The first-order valence-corrected chi connectivity index (χ1v) is 9.97. The molecule has 0 radical (unpaired) electrons. The monoisotopic (exact) mass is 457 g/mol. The van der Waals surface area contributed by atoms with Crippen LogP contribution in [0.5, 0.6) is 0 Å². The zero-order valence-electron chi connectivity index (χ0n) is 15.4. The molecule has 8 heteroatoms. The third-order valence-electron chi connectivity index (χ3n) is 4.29. The Hall–Kier alpha value is -2.99. The molecule has 5 nitrogen and oxygen atoms in total. The number of hydrazone groups is 1. The van der Waals surface area contributed by atoms with E-state index in [0.29, 0.717) is 37.7 Å². The molecule has 0 aliphatic carbocycles. The Morgan fingerprint density at radius 1 is 0.933 bits per heavy atom. The molecule has 1 N–H and O–H groups in total. The van der Waals surface area contributed by atoms with Crippen LogP contribution in [0.15, 0.2) is 82.6 Å². The lowest BCUT2D eigenvalue weighted by Crippen LogP contribution is -2.19. The summed E-state index contributed by atoms with van der Waals surface area (Å²) in [6, 6.07) is 17.7. The molecule has 0 bridgehead atoms. The molecule has 0 spiro atoms. The molecule has 0 aliphatic heterocycles. The second-order valence-corrected chi connectivity index (χ2v) is 7.48. The van der Waals surface area contributed by atoms with Crippen LogP contribution in [0.4, 0.5) is 0 Å². The van der Waals surface area contributed by atoms with E-state index in [1.165, 1.54) is 6.21 Å². The number of benzene rings is 2. The van der Waals surface area contributed by atoms with Crippen LogP contribution < -0.4 is 5.43 Å². The number of carbonyl (C=O) groups is 1. The van der Waals surface area contributed by atoms with Crippen molar-refractivity contribution in [2.75, 3.05) is 0 Å². The minimum Gasteiger partial charge on any atom is -0.455 e. The van der Waals surface area contributed by atoms with E-state index in [2.05, 4.69) is 10.5 Å². The number of nitrogens with one attached hydrogen (secondary N) is 1. The summed E-state index contributed by atoms with van der Waals surface area (Å²) < 4.78 is 7.58. The average Bonchev–Trinajstić information content (AvgIpc) is 3.43. The lowest BCUT2D eigenvalue weighted by Gasteiger charge is -2.08. The quantitative estimate of drug-likeness (QED) is 0.212. The Morgan fingerprint density at radius 2 is 1.67 bits per heavy atom. The summed E-state index contributed by atoms with van der Waals surface area (Å²) in [7, 11) is 0. The first-order chi connectivity index (χ1) is 14.5. The molecule has 150 valence electrons. The zero-order valence-corrected chi connectivity index (χ0v) is 17.6. The highest BCUT2D eigenvalue weighted by atomic mass is 35.5. The molecule has 0 fully saturated rings. The Labute approximate surface area is 187 Å². The molecule has 0 saturated heterocycles. The number of furan rings is 1. The normalized spacial score (nSPS) is 11.2. The first-order valence-electron chi connectivity index (χ1n) is 8.83. The highest BCUT2D eigenvalue weighted by Crippen LogP contribution is 2.35. The average molecular weight is 459 g/mol. The van der Waals surface area contributed by atoms with Crippen molar-refractivity contribution in [2.45, 2.75) is 0 Å². The second kappa shape index (κ2) is 8.79. The number of amides is 1. The van der Waals surface area contributed by atoms with Crippen LogP contribution in [0.3, 0.4) is 0 Å².